The molecule has 1 aromatic carbocycles. The predicted molar refractivity (Wildman–Crippen MR) is 86.8 cm³/mol. The summed E-state index contributed by atoms with van der Waals surface area (Å²) in [5.41, 5.74) is 10.1. The lowest BCUT2D eigenvalue weighted by Crippen LogP contribution is -2.32. The molecule has 0 saturated carbocycles. The van der Waals surface area contributed by atoms with Crippen molar-refractivity contribution in [1.29, 1.82) is 0 Å². The van der Waals surface area contributed by atoms with Crippen LogP contribution in [0.5, 0.6) is 0 Å². The quantitative estimate of drug-likeness (QED) is 0.940. The van der Waals surface area contributed by atoms with Crippen molar-refractivity contribution in [2.75, 3.05) is 0 Å². The highest BCUT2D eigenvalue weighted by molar-refractivity contribution is 6.30. The van der Waals surface area contributed by atoms with E-state index in [1.54, 1.807) is 0 Å². The number of rotatable bonds is 3. The third-order valence-corrected chi connectivity index (χ3v) is 4.59. The second-order valence-corrected chi connectivity index (χ2v) is 6.42. The van der Waals surface area contributed by atoms with E-state index >= 15 is 0 Å². The molecule has 2 aromatic rings. The zero-order valence-corrected chi connectivity index (χ0v) is 13.4. The zero-order valence-electron chi connectivity index (χ0n) is 12.6. The van der Waals surface area contributed by atoms with E-state index in [1.807, 2.05) is 12.1 Å². The molecule has 0 radical (unpaired) electrons. The summed E-state index contributed by atoms with van der Waals surface area (Å²) in [7, 11) is 0. The summed E-state index contributed by atoms with van der Waals surface area (Å²) in [6.45, 7) is 4.15. The van der Waals surface area contributed by atoms with Gasteiger partial charge in [-0.2, -0.15) is 0 Å². The highest BCUT2D eigenvalue weighted by Gasteiger charge is 2.26. The van der Waals surface area contributed by atoms with Gasteiger partial charge in [0.25, 0.3) is 0 Å². The monoisotopic (exact) mass is 303 g/mol. The normalized spacial score (nSPS) is 17.3. The minimum Gasteiger partial charge on any atom is -0.326 e. The molecule has 0 bridgehead atoms. The van der Waals surface area contributed by atoms with E-state index in [1.165, 1.54) is 29.8 Å². The zero-order chi connectivity index (χ0) is 15.0. The molecular formula is C17H22ClN3. The molecule has 4 heteroatoms. The van der Waals surface area contributed by atoms with Crippen LogP contribution in [0, 0.1) is 6.92 Å². The van der Waals surface area contributed by atoms with Gasteiger partial charge in [0.15, 0.2) is 0 Å². The van der Waals surface area contributed by atoms with Crippen LogP contribution in [0.25, 0.3) is 0 Å². The van der Waals surface area contributed by atoms with E-state index < -0.39 is 0 Å². The first-order valence-corrected chi connectivity index (χ1v) is 8.03. The maximum absolute atomic E-state index is 6.32. The van der Waals surface area contributed by atoms with Gasteiger partial charge in [0.05, 0.1) is 11.7 Å². The standard InChI is InChI=1S/C17H22ClN3/c1-11(19)17(13-7-9-14(18)10-8-13)21-12(2)20-15-5-3-4-6-16(15)21/h7-11,17H,3-6,19H2,1-2H3. The number of benzene rings is 1. The fourth-order valence-electron chi connectivity index (χ4n) is 3.41. The average Bonchev–Trinajstić information content (AvgIpc) is 2.78. The Labute approximate surface area is 131 Å². The molecule has 3 rings (SSSR count). The average molecular weight is 304 g/mol. The third kappa shape index (κ3) is 2.72. The van der Waals surface area contributed by atoms with Gasteiger partial charge < -0.3 is 10.3 Å². The van der Waals surface area contributed by atoms with E-state index in [2.05, 4.69) is 30.5 Å². The second-order valence-electron chi connectivity index (χ2n) is 5.99. The number of imidazole rings is 1. The van der Waals surface area contributed by atoms with E-state index in [9.17, 15) is 0 Å². The lowest BCUT2D eigenvalue weighted by molar-refractivity contribution is 0.465. The Kier molecular flexibility index (Phi) is 4.05. The van der Waals surface area contributed by atoms with Crippen LogP contribution in [0.4, 0.5) is 0 Å². The van der Waals surface area contributed by atoms with Crippen molar-refractivity contribution in [1.82, 2.24) is 9.55 Å². The summed E-state index contributed by atoms with van der Waals surface area (Å²) in [6, 6.07) is 8.16. The molecule has 0 aliphatic heterocycles. The minimum absolute atomic E-state index is 0.0186. The van der Waals surface area contributed by atoms with Gasteiger partial charge >= 0.3 is 0 Å². The number of halogens is 1. The lowest BCUT2D eigenvalue weighted by atomic mass is 9.97. The van der Waals surface area contributed by atoms with Gasteiger partial charge in [-0.15, -0.1) is 0 Å². The largest absolute Gasteiger partial charge is 0.326 e. The molecule has 2 atom stereocenters. The van der Waals surface area contributed by atoms with Crippen LogP contribution >= 0.6 is 11.6 Å². The first kappa shape index (κ1) is 14.6. The van der Waals surface area contributed by atoms with E-state index in [0.29, 0.717) is 0 Å². The summed E-state index contributed by atoms with van der Waals surface area (Å²) in [6.07, 6.45) is 4.68. The maximum atomic E-state index is 6.32. The van der Waals surface area contributed by atoms with Gasteiger partial charge in [0, 0.05) is 16.8 Å². The highest BCUT2D eigenvalue weighted by atomic mass is 35.5. The van der Waals surface area contributed by atoms with E-state index in [0.717, 1.165) is 23.7 Å². The van der Waals surface area contributed by atoms with Crippen LogP contribution < -0.4 is 5.73 Å². The number of aryl methyl sites for hydroxylation is 2. The summed E-state index contributed by atoms with van der Waals surface area (Å²) in [4.78, 5) is 4.78. The Bertz CT molecular complexity index is 628. The molecule has 21 heavy (non-hydrogen) atoms. The molecule has 3 nitrogen and oxygen atoms in total. The van der Waals surface area contributed by atoms with Crippen LogP contribution in [-0.4, -0.2) is 15.6 Å². The molecule has 0 fully saturated rings. The molecule has 1 aromatic heterocycles. The van der Waals surface area contributed by atoms with Gasteiger partial charge in [-0.25, -0.2) is 4.98 Å². The smallest absolute Gasteiger partial charge is 0.106 e. The second kappa shape index (κ2) is 5.82. The van der Waals surface area contributed by atoms with E-state index in [-0.39, 0.29) is 12.1 Å². The van der Waals surface area contributed by atoms with Crippen molar-refractivity contribution in [2.24, 2.45) is 5.73 Å². The van der Waals surface area contributed by atoms with Gasteiger partial charge in [0.2, 0.25) is 0 Å². The molecule has 0 spiro atoms. The molecule has 0 amide bonds. The minimum atomic E-state index is 0.0186. The lowest BCUT2D eigenvalue weighted by Gasteiger charge is -2.27. The van der Waals surface area contributed by atoms with Crippen molar-refractivity contribution >= 4 is 11.6 Å². The molecule has 112 valence electrons. The Balaban J connectivity index is 2.10. The molecule has 1 aliphatic rings. The molecule has 0 saturated heterocycles. The van der Waals surface area contributed by atoms with Gasteiger partial charge in [0.1, 0.15) is 5.82 Å². The number of nitrogens with two attached hydrogens (primary N) is 1. The summed E-state index contributed by atoms with van der Waals surface area (Å²) in [5.74, 6) is 1.07. The third-order valence-electron chi connectivity index (χ3n) is 4.33. The van der Waals surface area contributed by atoms with Crippen molar-refractivity contribution < 1.29 is 0 Å². The van der Waals surface area contributed by atoms with Gasteiger partial charge in [-0.05, 0) is 57.2 Å². The summed E-state index contributed by atoms with van der Waals surface area (Å²) >= 11 is 6.02. The number of hydrogen-bond acceptors (Lipinski definition) is 2. The van der Waals surface area contributed by atoms with E-state index in [4.69, 9.17) is 22.3 Å². The van der Waals surface area contributed by atoms with Crippen LogP contribution in [0.15, 0.2) is 24.3 Å². The maximum Gasteiger partial charge on any atom is 0.106 e. The number of nitrogens with zero attached hydrogens (tertiary/aromatic N) is 2. The SMILES string of the molecule is Cc1nc2c(n1C(c1ccc(Cl)cc1)C(C)N)CCCC2. The Hall–Kier alpha value is -1.32. The highest BCUT2D eigenvalue weighted by Crippen LogP contribution is 2.30. The van der Waals surface area contributed by atoms with Crippen molar-refractivity contribution in [3.8, 4) is 0 Å². The molecule has 1 aliphatic carbocycles. The number of fused-ring (bicyclic) bond motifs is 1. The topological polar surface area (TPSA) is 43.8 Å². The van der Waals surface area contributed by atoms with Gasteiger partial charge in [-0.3, -0.25) is 0 Å². The predicted octanol–water partition coefficient (Wildman–Crippen LogP) is 3.66. The molecular weight excluding hydrogens is 282 g/mol. The molecule has 2 N–H and O–H groups in total. The number of aromatic nitrogens is 2. The Morgan fingerprint density at radius 1 is 1.19 bits per heavy atom. The van der Waals surface area contributed by atoms with Crippen LogP contribution in [0.1, 0.15) is 48.6 Å². The summed E-state index contributed by atoms with van der Waals surface area (Å²) < 4.78 is 2.35. The Morgan fingerprint density at radius 3 is 2.52 bits per heavy atom. The first-order chi connectivity index (χ1) is 10.1. The molecule has 2 unspecified atom stereocenters. The fraction of sp³-hybridized carbons (Fsp3) is 0.471. The molecule has 1 heterocycles. The fourth-order valence-corrected chi connectivity index (χ4v) is 3.54. The summed E-state index contributed by atoms with van der Waals surface area (Å²) in [5, 5.41) is 0.756. The van der Waals surface area contributed by atoms with Crippen molar-refractivity contribution in [3.63, 3.8) is 0 Å². The number of hydrogen-bond donors (Lipinski definition) is 1. The van der Waals surface area contributed by atoms with Crippen LogP contribution in [0.3, 0.4) is 0 Å². The van der Waals surface area contributed by atoms with Crippen molar-refractivity contribution in [3.05, 3.63) is 52.1 Å². The Morgan fingerprint density at radius 2 is 1.86 bits per heavy atom. The van der Waals surface area contributed by atoms with Crippen LogP contribution in [-0.2, 0) is 12.8 Å². The van der Waals surface area contributed by atoms with Crippen molar-refractivity contribution in [2.45, 2.75) is 51.6 Å². The van der Waals surface area contributed by atoms with Crippen LogP contribution in [0.2, 0.25) is 5.02 Å². The van der Waals surface area contributed by atoms with Gasteiger partial charge in [-0.1, -0.05) is 23.7 Å². The first-order valence-electron chi connectivity index (χ1n) is 7.65.